The molecule has 0 aliphatic heterocycles. The van der Waals surface area contributed by atoms with E-state index in [0.717, 1.165) is 12.1 Å². The summed E-state index contributed by atoms with van der Waals surface area (Å²) in [6.07, 6.45) is -0.0600. The highest BCUT2D eigenvalue weighted by Crippen LogP contribution is 2.28. The minimum Gasteiger partial charge on any atom is -0.388 e. The number of aliphatic hydroxyl groups excluding tert-OH is 1. The third kappa shape index (κ3) is 3.42. The largest absolute Gasteiger partial charge is 0.388 e. The van der Waals surface area contributed by atoms with Crippen molar-refractivity contribution in [2.24, 2.45) is 5.92 Å². The molecule has 1 rings (SSSR count). The molecule has 0 aliphatic rings. The Morgan fingerprint density at radius 3 is 2.12 bits per heavy atom. The molecule has 0 saturated heterocycles. The first kappa shape index (κ1) is 13.4. The highest BCUT2D eigenvalue weighted by atomic mass is 35.5. The summed E-state index contributed by atoms with van der Waals surface area (Å²) < 4.78 is 26.8. The molecule has 1 N–H and O–H groups in total. The van der Waals surface area contributed by atoms with Crippen molar-refractivity contribution in [2.45, 2.75) is 32.8 Å². The van der Waals surface area contributed by atoms with E-state index >= 15 is 0 Å². The fraction of sp³-hybridized carbons (Fsp3) is 0.500. The van der Waals surface area contributed by atoms with Crippen molar-refractivity contribution in [2.75, 3.05) is 0 Å². The molecular weight excluding hydrogens is 234 g/mol. The maximum absolute atomic E-state index is 13.4. The summed E-state index contributed by atoms with van der Waals surface area (Å²) in [5.74, 6) is -1.20. The molecule has 0 saturated carbocycles. The normalized spacial score (nSPS) is 13.2. The Balaban J connectivity index is 2.86. The van der Waals surface area contributed by atoms with Crippen molar-refractivity contribution in [3.63, 3.8) is 0 Å². The molecule has 1 atom stereocenters. The van der Waals surface area contributed by atoms with Gasteiger partial charge >= 0.3 is 0 Å². The van der Waals surface area contributed by atoms with Gasteiger partial charge in [0.05, 0.1) is 11.7 Å². The lowest BCUT2D eigenvalue weighted by atomic mass is 9.99. The maximum atomic E-state index is 13.4. The van der Waals surface area contributed by atoms with Crippen LogP contribution in [0.4, 0.5) is 8.78 Å². The molecule has 0 aromatic heterocycles. The second kappa shape index (κ2) is 5.60. The Labute approximate surface area is 99.0 Å². The van der Waals surface area contributed by atoms with Gasteiger partial charge in [-0.05, 0) is 30.9 Å². The minimum absolute atomic E-state index is 0.00481. The van der Waals surface area contributed by atoms with Crippen LogP contribution in [0, 0.1) is 17.6 Å². The van der Waals surface area contributed by atoms with Crippen LogP contribution in [0.1, 0.15) is 38.4 Å². The van der Waals surface area contributed by atoms with Crippen molar-refractivity contribution in [1.82, 2.24) is 0 Å². The molecule has 0 fully saturated rings. The molecule has 0 aliphatic carbocycles. The van der Waals surface area contributed by atoms with Crippen LogP contribution in [0.2, 0.25) is 5.02 Å². The molecule has 0 heterocycles. The average molecular weight is 249 g/mol. The molecule has 1 nitrogen and oxygen atoms in total. The third-order valence-electron chi connectivity index (χ3n) is 2.39. The summed E-state index contributed by atoms with van der Waals surface area (Å²) in [5, 5.41) is 9.69. The molecule has 4 heteroatoms. The van der Waals surface area contributed by atoms with E-state index in [0.29, 0.717) is 18.8 Å². The Bertz CT molecular complexity index is 343. The predicted octanol–water partition coefficient (Wildman–Crippen LogP) is 4.09. The second-order valence-electron chi connectivity index (χ2n) is 4.27. The molecule has 0 amide bonds. The molecule has 1 aromatic carbocycles. The van der Waals surface area contributed by atoms with Crippen LogP contribution in [-0.4, -0.2) is 5.11 Å². The standard InChI is InChI=1S/C12H15ClF2O/c1-7(2)3-4-11(16)12-9(14)5-8(13)6-10(12)15/h5-7,11,16H,3-4H2,1-2H3. The zero-order valence-corrected chi connectivity index (χ0v) is 10.1. The first-order valence-corrected chi connectivity index (χ1v) is 5.62. The van der Waals surface area contributed by atoms with Crippen LogP contribution in [0.3, 0.4) is 0 Å². The van der Waals surface area contributed by atoms with E-state index < -0.39 is 17.7 Å². The van der Waals surface area contributed by atoms with Crippen LogP contribution < -0.4 is 0 Å². The first-order chi connectivity index (χ1) is 7.41. The molecular formula is C12H15ClF2O. The van der Waals surface area contributed by atoms with E-state index in [1.807, 2.05) is 13.8 Å². The Morgan fingerprint density at radius 1 is 1.19 bits per heavy atom. The maximum Gasteiger partial charge on any atom is 0.133 e. The summed E-state index contributed by atoms with van der Waals surface area (Å²) >= 11 is 5.49. The van der Waals surface area contributed by atoms with Gasteiger partial charge in [0.1, 0.15) is 11.6 Å². The van der Waals surface area contributed by atoms with Gasteiger partial charge in [-0.3, -0.25) is 0 Å². The summed E-state index contributed by atoms with van der Waals surface area (Å²) in [7, 11) is 0. The number of benzene rings is 1. The van der Waals surface area contributed by atoms with Gasteiger partial charge in [0.2, 0.25) is 0 Å². The van der Waals surface area contributed by atoms with Gasteiger partial charge in [-0.25, -0.2) is 8.78 Å². The van der Waals surface area contributed by atoms with E-state index in [9.17, 15) is 13.9 Å². The molecule has 0 spiro atoms. The smallest absolute Gasteiger partial charge is 0.133 e. The van der Waals surface area contributed by atoms with Gasteiger partial charge in [0, 0.05) is 5.02 Å². The Kier molecular flexibility index (Phi) is 4.69. The Morgan fingerprint density at radius 2 is 1.69 bits per heavy atom. The topological polar surface area (TPSA) is 20.2 Å². The molecule has 0 bridgehead atoms. The molecule has 1 aromatic rings. The van der Waals surface area contributed by atoms with Gasteiger partial charge in [-0.15, -0.1) is 0 Å². The number of aliphatic hydroxyl groups is 1. The lowest BCUT2D eigenvalue weighted by Gasteiger charge is -2.14. The van der Waals surface area contributed by atoms with E-state index in [1.165, 1.54) is 0 Å². The number of halogens is 3. The fourth-order valence-electron chi connectivity index (χ4n) is 1.51. The number of hydrogen-bond acceptors (Lipinski definition) is 1. The van der Waals surface area contributed by atoms with Crippen molar-refractivity contribution in [3.05, 3.63) is 34.4 Å². The minimum atomic E-state index is -1.11. The summed E-state index contributed by atoms with van der Waals surface area (Å²) in [4.78, 5) is 0. The van der Waals surface area contributed by atoms with Crippen LogP contribution >= 0.6 is 11.6 Å². The lowest BCUT2D eigenvalue weighted by molar-refractivity contribution is 0.150. The molecule has 1 unspecified atom stereocenters. The summed E-state index contributed by atoms with van der Waals surface area (Å²) in [5.41, 5.74) is -0.287. The highest BCUT2D eigenvalue weighted by Gasteiger charge is 2.18. The van der Waals surface area contributed by atoms with E-state index in [2.05, 4.69) is 0 Å². The summed E-state index contributed by atoms with van der Waals surface area (Å²) in [6.45, 7) is 3.97. The summed E-state index contributed by atoms with van der Waals surface area (Å²) in [6, 6.07) is 2.02. The molecule has 90 valence electrons. The van der Waals surface area contributed by atoms with Crippen molar-refractivity contribution < 1.29 is 13.9 Å². The first-order valence-electron chi connectivity index (χ1n) is 5.24. The van der Waals surface area contributed by atoms with Crippen LogP contribution in [0.25, 0.3) is 0 Å². The third-order valence-corrected chi connectivity index (χ3v) is 2.61. The second-order valence-corrected chi connectivity index (χ2v) is 4.71. The van der Waals surface area contributed by atoms with Crippen LogP contribution in [0.15, 0.2) is 12.1 Å². The van der Waals surface area contributed by atoms with Crippen molar-refractivity contribution in [3.8, 4) is 0 Å². The molecule has 16 heavy (non-hydrogen) atoms. The van der Waals surface area contributed by atoms with Crippen molar-refractivity contribution in [1.29, 1.82) is 0 Å². The van der Waals surface area contributed by atoms with Gasteiger partial charge in [-0.1, -0.05) is 25.4 Å². The SMILES string of the molecule is CC(C)CCC(O)c1c(F)cc(Cl)cc1F. The van der Waals surface area contributed by atoms with Gasteiger partial charge in [0.15, 0.2) is 0 Å². The predicted molar refractivity (Wildman–Crippen MR) is 60.4 cm³/mol. The lowest BCUT2D eigenvalue weighted by Crippen LogP contribution is -2.05. The number of rotatable bonds is 4. The van der Waals surface area contributed by atoms with Crippen LogP contribution in [0.5, 0.6) is 0 Å². The van der Waals surface area contributed by atoms with Gasteiger partial charge < -0.3 is 5.11 Å². The quantitative estimate of drug-likeness (QED) is 0.851. The van der Waals surface area contributed by atoms with Crippen LogP contribution in [-0.2, 0) is 0 Å². The fourth-order valence-corrected chi connectivity index (χ4v) is 1.70. The molecule has 0 radical (unpaired) electrons. The average Bonchev–Trinajstić information content (AvgIpc) is 2.12. The zero-order valence-electron chi connectivity index (χ0n) is 9.30. The van der Waals surface area contributed by atoms with E-state index in [4.69, 9.17) is 11.6 Å². The zero-order chi connectivity index (χ0) is 12.3. The van der Waals surface area contributed by atoms with Crippen molar-refractivity contribution >= 4 is 11.6 Å². The van der Waals surface area contributed by atoms with E-state index in [1.54, 1.807) is 0 Å². The highest BCUT2D eigenvalue weighted by molar-refractivity contribution is 6.30. The van der Waals surface area contributed by atoms with Gasteiger partial charge in [0.25, 0.3) is 0 Å². The number of hydrogen-bond donors (Lipinski definition) is 1. The van der Waals surface area contributed by atoms with Gasteiger partial charge in [-0.2, -0.15) is 0 Å². The Hall–Kier alpha value is -0.670. The monoisotopic (exact) mass is 248 g/mol. The van der Waals surface area contributed by atoms with E-state index in [-0.39, 0.29) is 10.6 Å².